The summed E-state index contributed by atoms with van der Waals surface area (Å²) in [4.78, 5) is 39.6. The molecule has 3 aromatic carbocycles. The molecule has 0 atom stereocenters. The second-order valence-electron chi connectivity index (χ2n) is 7.78. The van der Waals surface area contributed by atoms with E-state index in [0.29, 0.717) is 21.9 Å². The fourth-order valence-electron chi connectivity index (χ4n) is 3.47. The molecular formula is C27H21Cl2NO6S. The van der Waals surface area contributed by atoms with E-state index in [0.717, 1.165) is 22.2 Å². The molecule has 0 radical (unpaired) electrons. The molecular weight excluding hydrogens is 537 g/mol. The van der Waals surface area contributed by atoms with Gasteiger partial charge in [-0.15, -0.1) is 0 Å². The number of nitrogens with zero attached hydrogens (tertiary/aromatic N) is 1. The van der Waals surface area contributed by atoms with E-state index in [9.17, 15) is 14.4 Å². The molecule has 4 rings (SSSR count). The summed E-state index contributed by atoms with van der Waals surface area (Å²) in [5, 5.41) is 0.296. The zero-order valence-corrected chi connectivity index (χ0v) is 22.2. The van der Waals surface area contributed by atoms with Gasteiger partial charge in [-0.2, -0.15) is 0 Å². The lowest BCUT2D eigenvalue weighted by Crippen LogP contribution is -2.27. The largest absolute Gasteiger partial charge is 0.497 e. The van der Waals surface area contributed by atoms with Gasteiger partial charge in [-0.25, -0.2) is 4.79 Å². The van der Waals surface area contributed by atoms with E-state index in [2.05, 4.69) is 0 Å². The van der Waals surface area contributed by atoms with Crippen molar-refractivity contribution in [3.8, 4) is 17.2 Å². The summed E-state index contributed by atoms with van der Waals surface area (Å²) >= 11 is 13.2. The third kappa shape index (κ3) is 6.28. The van der Waals surface area contributed by atoms with Crippen LogP contribution in [-0.2, 0) is 11.3 Å². The maximum Gasteiger partial charge on any atom is 0.343 e. The average Bonchev–Trinajstić information content (AvgIpc) is 3.14. The monoisotopic (exact) mass is 557 g/mol. The van der Waals surface area contributed by atoms with Crippen LogP contribution >= 0.6 is 35.0 Å². The molecule has 37 heavy (non-hydrogen) atoms. The van der Waals surface area contributed by atoms with Crippen molar-refractivity contribution in [2.24, 2.45) is 0 Å². The van der Waals surface area contributed by atoms with E-state index in [1.807, 2.05) is 0 Å². The Morgan fingerprint density at radius 1 is 1.03 bits per heavy atom. The number of ether oxygens (including phenoxy) is 3. The molecule has 0 aliphatic carbocycles. The minimum absolute atomic E-state index is 0.0531. The van der Waals surface area contributed by atoms with Gasteiger partial charge >= 0.3 is 5.97 Å². The molecule has 10 heteroatoms. The maximum atomic E-state index is 12.9. The fraction of sp³-hybridized carbons (Fsp3) is 0.148. The highest BCUT2D eigenvalue weighted by molar-refractivity contribution is 8.18. The van der Waals surface area contributed by atoms with Gasteiger partial charge in [0.15, 0.2) is 11.5 Å². The predicted molar refractivity (Wildman–Crippen MR) is 144 cm³/mol. The van der Waals surface area contributed by atoms with Gasteiger partial charge in [-0.1, -0.05) is 35.3 Å². The smallest absolute Gasteiger partial charge is 0.343 e. The molecule has 1 saturated heterocycles. The Hall–Kier alpha value is -3.46. The van der Waals surface area contributed by atoms with Crippen LogP contribution in [-0.4, -0.2) is 35.7 Å². The number of hydrogen-bond acceptors (Lipinski definition) is 7. The van der Waals surface area contributed by atoms with Gasteiger partial charge in [0.05, 0.1) is 35.8 Å². The molecule has 1 aliphatic heterocycles. The molecule has 0 spiro atoms. The third-order valence-corrected chi connectivity index (χ3v) is 6.72. The first kappa shape index (κ1) is 26.6. The van der Waals surface area contributed by atoms with Crippen LogP contribution in [0.1, 0.15) is 28.4 Å². The summed E-state index contributed by atoms with van der Waals surface area (Å²) in [6.07, 6.45) is 1.55. The zero-order valence-electron chi connectivity index (χ0n) is 19.8. The van der Waals surface area contributed by atoms with Gasteiger partial charge in [-0.3, -0.25) is 14.5 Å². The summed E-state index contributed by atoms with van der Waals surface area (Å²) < 4.78 is 16.3. The number of esters is 1. The number of thioether (sulfide) groups is 1. The van der Waals surface area contributed by atoms with Crippen LogP contribution in [0.2, 0.25) is 10.0 Å². The molecule has 0 unspecified atom stereocenters. The average molecular weight is 558 g/mol. The summed E-state index contributed by atoms with van der Waals surface area (Å²) in [6.45, 7) is 2.19. The van der Waals surface area contributed by atoms with Gasteiger partial charge in [0.25, 0.3) is 11.1 Å². The van der Waals surface area contributed by atoms with Crippen LogP contribution < -0.4 is 14.2 Å². The van der Waals surface area contributed by atoms with E-state index in [-0.39, 0.29) is 39.8 Å². The van der Waals surface area contributed by atoms with E-state index in [4.69, 9.17) is 37.4 Å². The Morgan fingerprint density at radius 3 is 2.38 bits per heavy atom. The fourth-order valence-corrected chi connectivity index (χ4v) is 4.69. The summed E-state index contributed by atoms with van der Waals surface area (Å²) in [6, 6.07) is 16.5. The summed E-state index contributed by atoms with van der Waals surface area (Å²) in [5.74, 6) is -0.164. The van der Waals surface area contributed by atoms with Crippen molar-refractivity contribution < 1.29 is 28.6 Å². The Bertz CT molecular complexity index is 1370. The summed E-state index contributed by atoms with van der Waals surface area (Å²) in [5.41, 5.74) is 1.59. The van der Waals surface area contributed by atoms with Gasteiger partial charge in [-0.05, 0) is 84.4 Å². The van der Waals surface area contributed by atoms with Crippen molar-refractivity contribution in [3.63, 3.8) is 0 Å². The Labute approximate surface area is 227 Å². The second kappa shape index (κ2) is 11.7. The van der Waals surface area contributed by atoms with Crippen LogP contribution in [0.5, 0.6) is 17.2 Å². The molecule has 1 heterocycles. The van der Waals surface area contributed by atoms with E-state index in [1.165, 1.54) is 13.2 Å². The van der Waals surface area contributed by atoms with Crippen molar-refractivity contribution in [1.29, 1.82) is 0 Å². The molecule has 0 N–H and O–H groups in total. The number of benzene rings is 3. The minimum Gasteiger partial charge on any atom is -0.497 e. The van der Waals surface area contributed by atoms with Crippen molar-refractivity contribution in [1.82, 2.24) is 4.90 Å². The van der Waals surface area contributed by atoms with Gasteiger partial charge < -0.3 is 14.2 Å². The molecule has 190 valence electrons. The van der Waals surface area contributed by atoms with Crippen molar-refractivity contribution in [2.45, 2.75) is 13.5 Å². The second-order valence-corrected chi connectivity index (χ2v) is 9.61. The first-order valence-corrected chi connectivity index (χ1v) is 12.7. The Morgan fingerprint density at radius 2 is 1.73 bits per heavy atom. The molecule has 3 aromatic rings. The number of imide groups is 1. The lowest BCUT2D eigenvalue weighted by molar-refractivity contribution is -0.123. The zero-order chi connectivity index (χ0) is 26.5. The Kier molecular flexibility index (Phi) is 8.43. The molecule has 0 bridgehead atoms. The normalized spacial score (nSPS) is 14.3. The molecule has 0 saturated carbocycles. The quantitative estimate of drug-likeness (QED) is 0.170. The van der Waals surface area contributed by atoms with Gasteiger partial charge in [0, 0.05) is 5.02 Å². The summed E-state index contributed by atoms with van der Waals surface area (Å²) in [7, 11) is 1.53. The van der Waals surface area contributed by atoms with Crippen LogP contribution in [0.3, 0.4) is 0 Å². The predicted octanol–water partition coefficient (Wildman–Crippen LogP) is 6.86. The number of rotatable bonds is 8. The molecule has 1 fully saturated rings. The number of carbonyl (C=O) groups excluding carboxylic acids is 3. The highest BCUT2D eigenvalue weighted by Gasteiger charge is 2.35. The van der Waals surface area contributed by atoms with Crippen LogP contribution in [0.15, 0.2) is 65.6 Å². The minimum atomic E-state index is -0.624. The van der Waals surface area contributed by atoms with Crippen LogP contribution in [0.4, 0.5) is 4.79 Å². The van der Waals surface area contributed by atoms with Crippen molar-refractivity contribution in [2.75, 3.05) is 13.7 Å². The standard InChI is InChI=1S/C27H21Cl2NO6S/c1-3-35-22-13-17(12-21(29)24(22)36-26(32)18-6-10-20(34-2)11-7-18)14-23-25(31)30(27(33)37-23)15-16-4-8-19(28)9-5-16/h4-14H,3,15H2,1-2H3/b23-14-. The highest BCUT2D eigenvalue weighted by Crippen LogP contribution is 2.40. The number of amides is 2. The molecule has 7 nitrogen and oxygen atoms in total. The van der Waals surface area contributed by atoms with E-state index < -0.39 is 11.9 Å². The molecule has 2 amide bonds. The van der Waals surface area contributed by atoms with E-state index >= 15 is 0 Å². The highest BCUT2D eigenvalue weighted by atomic mass is 35.5. The number of methoxy groups -OCH3 is 1. The number of carbonyl (C=O) groups is 3. The van der Waals surface area contributed by atoms with Crippen molar-refractivity contribution in [3.05, 3.63) is 92.3 Å². The lowest BCUT2D eigenvalue weighted by atomic mass is 10.1. The van der Waals surface area contributed by atoms with Crippen molar-refractivity contribution >= 4 is 58.2 Å². The third-order valence-electron chi connectivity index (χ3n) is 5.28. The van der Waals surface area contributed by atoms with Gasteiger partial charge in [0.2, 0.25) is 0 Å². The first-order valence-electron chi connectivity index (χ1n) is 11.1. The topological polar surface area (TPSA) is 82.1 Å². The SMILES string of the molecule is CCOc1cc(/C=C2\SC(=O)N(Cc3ccc(Cl)cc3)C2=O)cc(Cl)c1OC(=O)c1ccc(OC)cc1. The molecule has 1 aliphatic rings. The first-order chi connectivity index (χ1) is 17.8. The number of halogens is 2. The lowest BCUT2D eigenvalue weighted by Gasteiger charge is -2.14. The molecule has 0 aromatic heterocycles. The van der Waals surface area contributed by atoms with Crippen LogP contribution in [0.25, 0.3) is 6.08 Å². The Balaban J connectivity index is 1.56. The van der Waals surface area contributed by atoms with Gasteiger partial charge in [0.1, 0.15) is 5.75 Å². The van der Waals surface area contributed by atoms with Crippen LogP contribution in [0, 0.1) is 0 Å². The van der Waals surface area contributed by atoms with E-state index in [1.54, 1.807) is 67.6 Å². The maximum absolute atomic E-state index is 12.9. The number of hydrogen-bond donors (Lipinski definition) is 0.